The summed E-state index contributed by atoms with van der Waals surface area (Å²) in [5.41, 5.74) is 8.89. The van der Waals surface area contributed by atoms with Gasteiger partial charge in [0, 0.05) is 37.8 Å². The number of phenols is 1. The van der Waals surface area contributed by atoms with Crippen molar-refractivity contribution in [2.75, 3.05) is 62.4 Å². The first-order valence-electron chi connectivity index (χ1n) is 9.45. The molecular formula is C19H24N6O3. The highest BCUT2D eigenvalue weighted by atomic mass is 16.5. The average molecular weight is 384 g/mol. The van der Waals surface area contributed by atoms with Crippen LogP contribution in [0.3, 0.4) is 0 Å². The van der Waals surface area contributed by atoms with Gasteiger partial charge in [0.1, 0.15) is 17.6 Å². The predicted octanol–water partition coefficient (Wildman–Crippen LogP) is 1.98. The summed E-state index contributed by atoms with van der Waals surface area (Å²) in [5, 5.41) is 14.0. The van der Waals surface area contributed by atoms with Crippen molar-refractivity contribution in [2.45, 2.75) is 6.04 Å². The van der Waals surface area contributed by atoms with Crippen LogP contribution in [0.2, 0.25) is 0 Å². The number of benzene rings is 1. The fourth-order valence-electron chi connectivity index (χ4n) is 3.45. The van der Waals surface area contributed by atoms with E-state index in [2.05, 4.69) is 14.9 Å². The van der Waals surface area contributed by atoms with Gasteiger partial charge in [-0.25, -0.2) is 10.5 Å². The van der Waals surface area contributed by atoms with Gasteiger partial charge in [0.25, 0.3) is 0 Å². The molecule has 9 heteroatoms. The van der Waals surface area contributed by atoms with Crippen molar-refractivity contribution < 1.29 is 14.6 Å². The summed E-state index contributed by atoms with van der Waals surface area (Å²) in [7, 11) is 0. The van der Waals surface area contributed by atoms with E-state index in [-0.39, 0.29) is 5.75 Å². The molecule has 2 fully saturated rings. The van der Waals surface area contributed by atoms with Gasteiger partial charge in [0.15, 0.2) is 0 Å². The second-order valence-electron chi connectivity index (χ2n) is 6.74. The van der Waals surface area contributed by atoms with Crippen LogP contribution in [0, 0.1) is 5.53 Å². The number of para-hydroxylation sites is 1. The number of hydrogen-bond acceptors (Lipinski definition) is 9. The van der Waals surface area contributed by atoms with Crippen molar-refractivity contribution in [3.63, 3.8) is 0 Å². The SMILES string of the molecule is N=NC(c1cc(N2CCOCC2)nc(N2CCOCC2)n1)c1ccccc1O. The van der Waals surface area contributed by atoms with Crippen molar-refractivity contribution in [1.29, 1.82) is 5.53 Å². The molecule has 0 amide bonds. The first-order valence-corrected chi connectivity index (χ1v) is 9.45. The molecule has 0 radical (unpaired) electrons. The van der Waals surface area contributed by atoms with Crippen LogP contribution in [0.5, 0.6) is 5.75 Å². The lowest BCUT2D eigenvalue weighted by molar-refractivity contribution is 0.121. The van der Waals surface area contributed by atoms with Gasteiger partial charge >= 0.3 is 0 Å². The zero-order valence-corrected chi connectivity index (χ0v) is 15.6. The Kier molecular flexibility index (Phi) is 5.63. The van der Waals surface area contributed by atoms with Crippen molar-refractivity contribution in [2.24, 2.45) is 5.11 Å². The van der Waals surface area contributed by atoms with Gasteiger partial charge in [0.05, 0.1) is 32.1 Å². The monoisotopic (exact) mass is 384 g/mol. The normalized spacial score (nSPS) is 18.7. The Hall–Kier alpha value is -2.78. The van der Waals surface area contributed by atoms with E-state index in [0.717, 1.165) is 18.9 Å². The number of nitrogens with zero attached hydrogens (tertiary/aromatic N) is 5. The molecule has 148 valence electrons. The second kappa shape index (κ2) is 8.49. The first kappa shape index (κ1) is 18.6. The highest BCUT2D eigenvalue weighted by molar-refractivity contribution is 5.49. The smallest absolute Gasteiger partial charge is 0.227 e. The topological polar surface area (TPSA) is 107 Å². The molecule has 9 nitrogen and oxygen atoms in total. The molecule has 1 aromatic heterocycles. The molecule has 1 unspecified atom stereocenters. The number of rotatable bonds is 5. The molecule has 2 aliphatic heterocycles. The van der Waals surface area contributed by atoms with E-state index in [1.165, 1.54) is 0 Å². The second-order valence-corrected chi connectivity index (χ2v) is 6.74. The molecule has 28 heavy (non-hydrogen) atoms. The number of morpholine rings is 2. The van der Waals surface area contributed by atoms with E-state index >= 15 is 0 Å². The van der Waals surface area contributed by atoms with Crippen LogP contribution in [-0.4, -0.2) is 67.7 Å². The molecule has 0 aliphatic carbocycles. The molecule has 3 heterocycles. The quantitative estimate of drug-likeness (QED) is 0.759. The van der Waals surface area contributed by atoms with Gasteiger partial charge in [-0.1, -0.05) is 18.2 Å². The van der Waals surface area contributed by atoms with Gasteiger partial charge in [-0.15, -0.1) is 0 Å². The van der Waals surface area contributed by atoms with Crippen LogP contribution in [-0.2, 0) is 9.47 Å². The van der Waals surface area contributed by atoms with Gasteiger partial charge in [-0.05, 0) is 6.07 Å². The molecule has 2 aliphatic rings. The maximum absolute atomic E-state index is 10.3. The summed E-state index contributed by atoms with van der Waals surface area (Å²) < 4.78 is 10.9. The third-order valence-corrected chi connectivity index (χ3v) is 4.99. The zero-order chi connectivity index (χ0) is 19.3. The fourth-order valence-corrected chi connectivity index (χ4v) is 3.45. The van der Waals surface area contributed by atoms with Crippen LogP contribution < -0.4 is 9.80 Å². The van der Waals surface area contributed by atoms with Gasteiger partial charge in [-0.3, -0.25) is 0 Å². The Bertz CT molecular complexity index is 785. The van der Waals surface area contributed by atoms with Crippen LogP contribution >= 0.6 is 0 Å². The number of ether oxygens (including phenoxy) is 2. The number of phenolic OH excluding ortho intramolecular Hbond substituents is 1. The third-order valence-electron chi connectivity index (χ3n) is 4.99. The molecule has 1 aromatic carbocycles. The Morgan fingerprint density at radius 2 is 1.61 bits per heavy atom. The molecule has 1 atom stereocenters. The van der Waals surface area contributed by atoms with E-state index in [1.54, 1.807) is 18.2 Å². The minimum absolute atomic E-state index is 0.1000. The lowest BCUT2D eigenvalue weighted by atomic mass is 10.0. The molecule has 0 saturated carbocycles. The van der Waals surface area contributed by atoms with Gasteiger partial charge < -0.3 is 24.4 Å². The molecule has 2 saturated heterocycles. The Morgan fingerprint density at radius 1 is 0.964 bits per heavy atom. The highest BCUT2D eigenvalue weighted by Crippen LogP contribution is 2.33. The van der Waals surface area contributed by atoms with E-state index < -0.39 is 6.04 Å². The largest absolute Gasteiger partial charge is 0.508 e. The lowest BCUT2D eigenvalue weighted by Gasteiger charge is -2.31. The molecule has 4 rings (SSSR count). The zero-order valence-electron chi connectivity index (χ0n) is 15.6. The van der Waals surface area contributed by atoms with Gasteiger partial charge in [0.2, 0.25) is 5.95 Å². The lowest BCUT2D eigenvalue weighted by Crippen LogP contribution is -2.39. The highest BCUT2D eigenvalue weighted by Gasteiger charge is 2.24. The average Bonchev–Trinajstić information content (AvgIpc) is 2.77. The number of hydrogen-bond donors (Lipinski definition) is 2. The summed E-state index contributed by atoms with van der Waals surface area (Å²) in [5.74, 6) is 1.49. The summed E-state index contributed by atoms with van der Waals surface area (Å²) in [6, 6.07) is 8.11. The third kappa shape index (κ3) is 3.90. The minimum atomic E-state index is -0.691. The molecule has 0 spiro atoms. The predicted molar refractivity (Wildman–Crippen MR) is 103 cm³/mol. The standard InChI is InChI=1S/C19H24N6O3/c20-23-18(14-3-1-2-4-16(14)26)15-13-17(24-5-9-27-10-6-24)22-19(21-15)25-7-11-28-12-8-25/h1-4,13,18,20,26H,5-12H2. The maximum Gasteiger partial charge on any atom is 0.227 e. The number of nitrogens with one attached hydrogen (secondary N) is 1. The minimum Gasteiger partial charge on any atom is -0.508 e. The number of aromatic nitrogens is 2. The van der Waals surface area contributed by atoms with Crippen molar-refractivity contribution >= 4 is 11.8 Å². The van der Waals surface area contributed by atoms with Crippen LogP contribution in [0.4, 0.5) is 11.8 Å². The Balaban J connectivity index is 1.75. The fraction of sp³-hybridized carbons (Fsp3) is 0.474. The maximum atomic E-state index is 10.3. The van der Waals surface area contributed by atoms with E-state index in [1.807, 2.05) is 12.1 Å². The summed E-state index contributed by atoms with van der Waals surface area (Å²) in [6.07, 6.45) is 0. The summed E-state index contributed by atoms with van der Waals surface area (Å²) in [6.45, 7) is 5.49. The first-order chi connectivity index (χ1) is 13.8. The molecular weight excluding hydrogens is 360 g/mol. The van der Waals surface area contributed by atoms with Crippen LogP contribution in [0.15, 0.2) is 35.4 Å². The molecule has 2 N–H and O–H groups in total. The van der Waals surface area contributed by atoms with E-state index in [4.69, 9.17) is 25.0 Å². The molecule has 0 bridgehead atoms. The van der Waals surface area contributed by atoms with Crippen LogP contribution in [0.1, 0.15) is 17.3 Å². The van der Waals surface area contributed by atoms with Gasteiger partial charge in [-0.2, -0.15) is 10.1 Å². The number of aromatic hydroxyl groups is 1. The number of anilines is 2. The summed E-state index contributed by atoms with van der Waals surface area (Å²) >= 11 is 0. The summed E-state index contributed by atoms with van der Waals surface area (Å²) in [4.78, 5) is 13.7. The van der Waals surface area contributed by atoms with Crippen molar-refractivity contribution in [3.8, 4) is 5.75 Å². The Morgan fingerprint density at radius 3 is 2.25 bits per heavy atom. The van der Waals surface area contributed by atoms with E-state index in [0.29, 0.717) is 56.7 Å². The van der Waals surface area contributed by atoms with Crippen molar-refractivity contribution in [3.05, 3.63) is 41.6 Å². The van der Waals surface area contributed by atoms with E-state index in [9.17, 15) is 5.11 Å². The van der Waals surface area contributed by atoms with Crippen molar-refractivity contribution in [1.82, 2.24) is 9.97 Å². The molecule has 2 aromatic rings. The Labute approximate surface area is 163 Å². The van der Waals surface area contributed by atoms with Crippen LogP contribution in [0.25, 0.3) is 0 Å².